The number of benzene rings is 1. The molecule has 6 heteroatoms. The van der Waals surface area contributed by atoms with Gasteiger partial charge in [0.1, 0.15) is 5.82 Å². The highest BCUT2D eigenvalue weighted by atomic mass is 35.5. The second-order valence-electron chi connectivity index (χ2n) is 5.92. The van der Waals surface area contributed by atoms with E-state index in [2.05, 4.69) is 4.98 Å². The molecule has 0 aliphatic carbocycles. The van der Waals surface area contributed by atoms with E-state index in [9.17, 15) is 9.18 Å². The average Bonchev–Trinajstić information content (AvgIpc) is 2.58. The number of halogens is 3. The van der Waals surface area contributed by atoms with Gasteiger partial charge in [0.05, 0.1) is 6.20 Å². The molecule has 0 saturated heterocycles. The standard InChI is InChI=1S/C18H17Cl2FN2O/c19-16-4-5-17(20)15-11-23(7-6-14(15)16)18(24)3-1-2-12-8-13(21)10-22-9-12/h4-5,8-10H,1-3,6-7,11H2. The van der Waals surface area contributed by atoms with Crippen molar-refractivity contribution < 1.29 is 9.18 Å². The van der Waals surface area contributed by atoms with E-state index in [1.165, 1.54) is 12.3 Å². The molecule has 1 aliphatic heterocycles. The first kappa shape index (κ1) is 17.2. The number of aromatic nitrogens is 1. The van der Waals surface area contributed by atoms with E-state index in [-0.39, 0.29) is 11.7 Å². The second-order valence-corrected chi connectivity index (χ2v) is 6.73. The fourth-order valence-electron chi connectivity index (χ4n) is 3.00. The van der Waals surface area contributed by atoms with Crippen LogP contribution >= 0.6 is 23.2 Å². The zero-order valence-corrected chi connectivity index (χ0v) is 14.6. The summed E-state index contributed by atoms with van der Waals surface area (Å²) in [6.45, 7) is 1.14. The smallest absolute Gasteiger partial charge is 0.222 e. The minimum Gasteiger partial charge on any atom is -0.338 e. The van der Waals surface area contributed by atoms with Crippen LogP contribution in [0.15, 0.2) is 30.6 Å². The number of hydrogen-bond donors (Lipinski definition) is 0. The van der Waals surface area contributed by atoms with Crippen molar-refractivity contribution in [2.75, 3.05) is 6.54 Å². The quantitative estimate of drug-likeness (QED) is 0.801. The maximum absolute atomic E-state index is 13.1. The average molecular weight is 367 g/mol. The number of carbonyl (C=O) groups excluding carboxylic acids is 1. The molecule has 1 aromatic carbocycles. The fraction of sp³-hybridized carbons (Fsp3) is 0.333. The van der Waals surface area contributed by atoms with Gasteiger partial charge in [-0.1, -0.05) is 23.2 Å². The molecule has 2 aromatic rings. The molecule has 126 valence electrons. The van der Waals surface area contributed by atoms with Gasteiger partial charge in [-0.05, 0) is 54.2 Å². The Morgan fingerprint density at radius 1 is 1.21 bits per heavy atom. The number of rotatable bonds is 4. The molecule has 2 heterocycles. The Labute approximate surface area is 150 Å². The predicted molar refractivity (Wildman–Crippen MR) is 92.7 cm³/mol. The third-order valence-electron chi connectivity index (χ3n) is 4.27. The second kappa shape index (κ2) is 7.49. The summed E-state index contributed by atoms with van der Waals surface area (Å²) in [6.07, 6.45) is 5.24. The first-order chi connectivity index (χ1) is 11.5. The molecule has 0 radical (unpaired) electrons. The van der Waals surface area contributed by atoms with Crippen LogP contribution in [0.1, 0.15) is 29.5 Å². The number of fused-ring (bicyclic) bond motifs is 1. The van der Waals surface area contributed by atoms with E-state index in [0.29, 0.717) is 48.8 Å². The summed E-state index contributed by atoms with van der Waals surface area (Å²) in [5, 5.41) is 1.36. The SMILES string of the molecule is O=C(CCCc1cncc(F)c1)N1CCc2c(Cl)ccc(Cl)c2C1. The monoisotopic (exact) mass is 366 g/mol. The summed E-state index contributed by atoms with van der Waals surface area (Å²) in [5.41, 5.74) is 2.79. The largest absolute Gasteiger partial charge is 0.338 e. The summed E-state index contributed by atoms with van der Waals surface area (Å²) < 4.78 is 13.1. The molecule has 0 unspecified atom stereocenters. The lowest BCUT2D eigenvalue weighted by Gasteiger charge is -2.30. The number of carbonyl (C=O) groups is 1. The summed E-state index contributed by atoms with van der Waals surface area (Å²) in [7, 11) is 0. The molecular formula is C18H17Cl2FN2O. The molecule has 0 atom stereocenters. The van der Waals surface area contributed by atoms with E-state index in [1.54, 1.807) is 18.3 Å². The van der Waals surface area contributed by atoms with Crippen molar-refractivity contribution in [3.8, 4) is 0 Å². The van der Waals surface area contributed by atoms with E-state index in [4.69, 9.17) is 23.2 Å². The molecule has 3 nitrogen and oxygen atoms in total. The molecule has 1 aromatic heterocycles. The van der Waals surface area contributed by atoms with Gasteiger partial charge in [0.25, 0.3) is 0 Å². The van der Waals surface area contributed by atoms with Gasteiger partial charge in [0, 0.05) is 35.8 Å². The van der Waals surface area contributed by atoms with E-state index in [0.717, 1.165) is 16.7 Å². The highest BCUT2D eigenvalue weighted by Crippen LogP contribution is 2.32. The van der Waals surface area contributed by atoms with Crippen molar-refractivity contribution in [3.63, 3.8) is 0 Å². The van der Waals surface area contributed by atoms with Crippen LogP contribution in [0.4, 0.5) is 4.39 Å². The molecule has 0 saturated carbocycles. The fourth-order valence-corrected chi connectivity index (χ4v) is 3.51. The molecule has 1 amide bonds. The molecule has 0 fully saturated rings. The van der Waals surface area contributed by atoms with Crippen LogP contribution in [0.25, 0.3) is 0 Å². The van der Waals surface area contributed by atoms with Crippen molar-refractivity contribution in [2.24, 2.45) is 0 Å². The number of amides is 1. The van der Waals surface area contributed by atoms with E-state index >= 15 is 0 Å². The Bertz CT molecular complexity index is 767. The maximum Gasteiger partial charge on any atom is 0.222 e. The summed E-state index contributed by atoms with van der Waals surface area (Å²) in [6, 6.07) is 5.03. The van der Waals surface area contributed by atoms with Gasteiger partial charge in [0.15, 0.2) is 0 Å². The van der Waals surface area contributed by atoms with Gasteiger partial charge >= 0.3 is 0 Å². The molecular weight excluding hydrogens is 350 g/mol. The third-order valence-corrected chi connectivity index (χ3v) is 4.98. The van der Waals surface area contributed by atoms with Crippen molar-refractivity contribution >= 4 is 29.1 Å². The van der Waals surface area contributed by atoms with Crippen molar-refractivity contribution in [3.05, 3.63) is 63.1 Å². The van der Waals surface area contributed by atoms with Crippen LogP contribution in [-0.4, -0.2) is 22.3 Å². The third kappa shape index (κ3) is 3.87. The number of aryl methyl sites for hydroxylation is 1. The first-order valence-electron chi connectivity index (χ1n) is 7.87. The van der Waals surface area contributed by atoms with Gasteiger partial charge in [0.2, 0.25) is 5.91 Å². The first-order valence-corrected chi connectivity index (χ1v) is 8.63. The summed E-state index contributed by atoms with van der Waals surface area (Å²) in [4.78, 5) is 18.1. The van der Waals surface area contributed by atoms with E-state index in [1.807, 2.05) is 4.90 Å². The van der Waals surface area contributed by atoms with Crippen molar-refractivity contribution in [1.82, 2.24) is 9.88 Å². The number of pyridine rings is 1. The topological polar surface area (TPSA) is 33.2 Å². The van der Waals surface area contributed by atoms with Gasteiger partial charge in [-0.25, -0.2) is 4.39 Å². The minimum absolute atomic E-state index is 0.0843. The Hall–Kier alpha value is -1.65. The summed E-state index contributed by atoms with van der Waals surface area (Å²) in [5.74, 6) is -0.265. The van der Waals surface area contributed by atoms with Gasteiger partial charge in [-0.3, -0.25) is 9.78 Å². The van der Waals surface area contributed by atoms with Crippen LogP contribution in [-0.2, 0) is 24.2 Å². The lowest BCUT2D eigenvalue weighted by atomic mass is 9.99. The molecule has 24 heavy (non-hydrogen) atoms. The van der Waals surface area contributed by atoms with E-state index < -0.39 is 0 Å². The molecule has 1 aliphatic rings. The Balaban J connectivity index is 1.57. The minimum atomic E-state index is -0.349. The zero-order valence-electron chi connectivity index (χ0n) is 13.1. The van der Waals surface area contributed by atoms with Gasteiger partial charge in [-0.15, -0.1) is 0 Å². The lowest BCUT2D eigenvalue weighted by molar-refractivity contribution is -0.132. The van der Waals surface area contributed by atoms with Gasteiger partial charge in [-0.2, -0.15) is 0 Å². The molecule has 0 N–H and O–H groups in total. The van der Waals surface area contributed by atoms with Crippen LogP contribution in [0.3, 0.4) is 0 Å². The van der Waals surface area contributed by atoms with Crippen LogP contribution in [0, 0.1) is 5.82 Å². The van der Waals surface area contributed by atoms with Crippen molar-refractivity contribution in [2.45, 2.75) is 32.2 Å². The zero-order chi connectivity index (χ0) is 17.1. The van der Waals surface area contributed by atoms with Crippen molar-refractivity contribution in [1.29, 1.82) is 0 Å². The van der Waals surface area contributed by atoms with Crippen LogP contribution in [0.2, 0.25) is 10.0 Å². The molecule has 0 bridgehead atoms. The number of hydrogen-bond acceptors (Lipinski definition) is 2. The molecule has 0 spiro atoms. The Morgan fingerprint density at radius 3 is 2.71 bits per heavy atom. The number of nitrogens with zero attached hydrogens (tertiary/aromatic N) is 2. The summed E-state index contributed by atoms with van der Waals surface area (Å²) >= 11 is 12.5. The Morgan fingerprint density at radius 2 is 1.96 bits per heavy atom. The van der Waals surface area contributed by atoms with Gasteiger partial charge < -0.3 is 4.90 Å². The molecule has 3 rings (SSSR count). The Kier molecular flexibility index (Phi) is 5.36. The predicted octanol–water partition coefficient (Wildman–Crippen LogP) is 4.44. The van der Waals surface area contributed by atoms with Crippen LogP contribution in [0.5, 0.6) is 0 Å². The lowest BCUT2D eigenvalue weighted by Crippen LogP contribution is -2.36. The normalized spacial score (nSPS) is 13.7. The van der Waals surface area contributed by atoms with Crippen LogP contribution < -0.4 is 0 Å². The highest BCUT2D eigenvalue weighted by Gasteiger charge is 2.23. The highest BCUT2D eigenvalue weighted by molar-refractivity contribution is 6.34. The maximum atomic E-state index is 13.1.